The first kappa shape index (κ1) is 14.1. The highest BCUT2D eigenvalue weighted by Gasteiger charge is 2.21. The van der Waals surface area contributed by atoms with E-state index in [-0.39, 0.29) is 12.1 Å². The Morgan fingerprint density at radius 2 is 2.37 bits per heavy atom. The minimum absolute atomic E-state index is 0.199. The van der Waals surface area contributed by atoms with E-state index < -0.39 is 0 Å². The van der Waals surface area contributed by atoms with Crippen molar-refractivity contribution in [3.63, 3.8) is 0 Å². The Morgan fingerprint density at radius 1 is 1.58 bits per heavy atom. The molecule has 0 aromatic carbocycles. The van der Waals surface area contributed by atoms with Gasteiger partial charge in [-0.2, -0.15) is 0 Å². The lowest BCUT2D eigenvalue weighted by Crippen LogP contribution is -2.35. The van der Waals surface area contributed by atoms with Crippen molar-refractivity contribution in [1.82, 2.24) is 5.32 Å². The summed E-state index contributed by atoms with van der Waals surface area (Å²) in [4.78, 5) is 11.5. The summed E-state index contributed by atoms with van der Waals surface area (Å²) in [5, 5.41) is 13.0. The number of furan rings is 1. The van der Waals surface area contributed by atoms with Crippen LogP contribution in [0, 0.1) is 6.92 Å². The number of rotatable bonds is 4. The minimum Gasteiger partial charge on any atom is -0.465 e. The van der Waals surface area contributed by atoms with Gasteiger partial charge < -0.3 is 19.6 Å². The molecule has 19 heavy (non-hydrogen) atoms. The Bertz CT molecular complexity index is 441. The van der Waals surface area contributed by atoms with Crippen molar-refractivity contribution in [3.8, 4) is 0 Å². The normalized spacial score (nSPS) is 23.3. The van der Waals surface area contributed by atoms with Gasteiger partial charge in [0.15, 0.2) is 0 Å². The number of aliphatic hydroxyl groups is 1. The van der Waals surface area contributed by atoms with Crippen molar-refractivity contribution < 1.29 is 19.1 Å². The number of carbonyl (C=O) groups excluding carboxylic acids is 1. The lowest BCUT2D eigenvalue weighted by molar-refractivity contribution is 0.0598. The third kappa shape index (κ3) is 3.58. The number of aliphatic hydroxyl groups excluding tert-OH is 1. The zero-order valence-corrected chi connectivity index (χ0v) is 11.4. The van der Waals surface area contributed by atoms with Crippen LogP contribution in [0.2, 0.25) is 0 Å². The Balaban J connectivity index is 1.91. The molecule has 5 heteroatoms. The summed E-state index contributed by atoms with van der Waals surface area (Å²) in [6.07, 6.45) is 3.59. The van der Waals surface area contributed by atoms with Crippen LogP contribution in [0.3, 0.4) is 0 Å². The molecule has 0 bridgehead atoms. The summed E-state index contributed by atoms with van der Waals surface area (Å²) < 4.78 is 10.2. The van der Waals surface area contributed by atoms with Crippen LogP contribution in [0.25, 0.3) is 0 Å². The molecule has 1 aliphatic rings. The van der Waals surface area contributed by atoms with E-state index in [4.69, 9.17) is 4.42 Å². The predicted molar refractivity (Wildman–Crippen MR) is 69.9 cm³/mol. The van der Waals surface area contributed by atoms with E-state index >= 15 is 0 Å². The molecule has 0 radical (unpaired) electrons. The van der Waals surface area contributed by atoms with Gasteiger partial charge in [-0.05, 0) is 38.7 Å². The Morgan fingerprint density at radius 3 is 3.05 bits per heavy atom. The van der Waals surface area contributed by atoms with Crippen molar-refractivity contribution in [2.45, 2.75) is 51.3 Å². The van der Waals surface area contributed by atoms with Gasteiger partial charge in [-0.25, -0.2) is 4.79 Å². The number of ether oxygens (including phenoxy) is 1. The van der Waals surface area contributed by atoms with Crippen molar-refractivity contribution in [2.75, 3.05) is 7.11 Å². The number of carbonyl (C=O) groups is 1. The molecule has 1 heterocycles. The first-order valence-electron chi connectivity index (χ1n) is 6.69. The third-order valence-corrected chi connectivity index (χ3v) is 3.59. The lowest BCUT2D eigenvalue weighted by atomic mass is 9.93. The highest BCUT2D eigenvalue weighted by atomic mass is 16.5. The minimum atomic E-state index is -0.374. The van der Waals surface area contributed by atoms with Gasteiger partial charge in [0.2, 0.25) is 0 Å². The monoisotopic (exact) mass is 267 g/mol. The fraction of sp³-hybridized carbons (Fsp3) is 0.643. The molecule has 2 rings (SSSR count). The lowest BCUT2D eigenvalue weighted by Gasteiger charge is -2.26. The second-order valence-corrected chi connectivity index (χ2v) is 5.07. The molecule has 2 atom stereocenters. The first-order valence-corrected chi connectivity index (χ1v) is 6.69. The molecular weight excluding hydrogens is 246 g/mol. The maximum Gasteiger partial charge on any atom is 0.341 e. The molecule has 1 saturated carbocycles. The van der Waals surface area contributed by atoms with E-state index in [1.54, 1.807) is 13.0 Å². The zero-order chi connectivity index (χ0) is 13.8. The average molecular weight is 267 g/mol. The molecule has 1 aromatic heterocycles. The van der Waals surface area contributed by atoms with Gasteiger partial charge in [0.1, 0.15) is 17.1 Å². The Labute approximate surface area is 112 Å². The fourth-order valence-electron chi connectivity index (χ4n) is 2.54. The molecule has 0 amide bonds. The summed E-state index contributed by atoms with van der Waals surface area (Å²) in [6.45, 7) is 2.31. The topological polar surface area (TPSA) is 71.7 Å². The number of aryl methyl sites for hydroxylation is 1. The number of hydrogen-bond donors (Lipinski definition) is 2. The Hall–Kier alpha value is -1.33. The number of methoxy groups -OCH3 is 1. The van der Waals surface area contributed by atoms with Gasteiger partial charge in [-0.15, -0.1) is 0 Å². The molecule has 106 valence electrons. The summed E-state index contributed by atoms with van der Waals surface area (Å²) in [5.41, 5.74) is 0.475. The summed E-state index contributed by atoms with van der Waals surface area (Å²) in [6, 6.07) is 2.03. The second-order valence-electron chi connectivity index (χ2n) is 5.07. The van der Waals surface area contributed by atoms with E-state index in [0.717, 1.165) is 31.4 Å². The maximum atomic E-state index is 11.5. The fourth-order valence-corrected chi connectivity index (χ4v) is 2.54. The SMILES string of the molecule is COC(=O)c1cc(CNC2CCCC(O)C2)oc1C. The Kier molecular flexibility index (Phi) is 4.61. The molecule has 0 saturated heterocycles. The van der Waals surface area contributed by atoms with Crippen LogP contribution in [0.5, 0.6) is 0 Å². The highest BCUT2D eigenvalue weighted by Crippen LogP contribution is 2.20. The largest absolute Gasteiger partial charge is 0.465 e. The van der Waals surface area contributed by atoms with Crippen molar-refractivity contribution in [3.05, 3.63) is 23.2 Å². The van der Waals surface area contributed by atoms with Gasteiger partial charge >= 0.3 is 5.97 Å². The van der Waals surface area contributed by atoms with Gasteiger partial charge in [0.05, 0.1) is 19.8 Å². The highest BCUT2D eigenvalue weighted by molar-refractivity contribution is 5.90. The van der Waals surface area contributed by atoms with E-state index in [0.29, 0.717) is 23.9 Å². The van der Waals surface area contributed by atoms with E-state index in [1.165, 1.54) is 7.11 Å². The molecular formula is C14H21NO4. The third-order valence-electron chi connectivity index (χ3n) is 3.59. The molecule has 1 aliphatic carbocycles. The van der Waals surface area contributed by atoms with Crippen LogP contribution in [0.15, 0.2) is 10.5 Å². The summed E-state index contributed by atoms with van der Waals surface area (Å²) >= 11 is 0. The van der Waals surface area contributed by atoms with Gasteiger partial charge in [0.25, 0.3) is 0 Å². The van der Waals surface area contributed by atoms with Crippen LogP contribution in [-0.2, 0) is 11.3 Å². The van der Waals surface area contributed by atoms with Gasteiger partial charge in [-0.3, -0.25) is 0 Å². The van der Waals surface area contributed by atoms with Crippen LogP contribution in [0.4, 0.5) is 0 Å². The quantitative estimate of drug-likeness (QED) is 0.813. The molecule has 0 spiro atoms. The van der Waals surface area contributed by atoms with E-state index in [1.807, 2.05) is 0 Å². The summed E-state index contributed by atoms with van der Waals surface area (Å²) in [7, 11) is 1.36. The first-order chi connectivity index (χ1) is 9.10. The van der Waals surface area contributed by atoms with Crippen molar-refractivity contribution in [2.24, 2.45) is 0 Å². The second kappa shape index (κ2) is 6.21. The van der Waals surface area contributed by atoms with Crippen LogP contribution in [-0.4, -0.2) is 30.3 Å². The van der Waals surface area contributed by atoms with Gasteiger partial charge in [-0.1, -0.05) is 0 Å². The molecule has 0 aliphatic heterocycles. The van der Waals surface area contributed by atoms with Crippen LogP contribution in [0.1, 0.15) is 47.6 Å². The standard InChI is InChI=1S/C14H21NO4/c1-9-13(14(17)18-2)7-12(19-9)8-15-10-4-3-5-11(16)6-10/h7,10-11,15-16H,3-6,8H2,1-2H3. The molecule has 1 aromatic rings. The van der Waals surface area contributed by atoms with Gasteiger partial charge in [0, 0.05) is 6.04 Å². The number of hydrogen-bond acceptors (Lipinski definition) is 5. The smallest absolute Gasteiger partial charge is 0.341 e. The van der Waals surface area contributed by atoms with Crippen LogP contribution >= 0.6 is 0 Å². The number of nitrogens with one attached hydrogen (secondary N) is 1. The molecule has 2 unspecified atom stereocenters. The van der Waals surface area contributed by atoms with E-state index in [2.05, 4.69) is 10.1 Å². The molecule has 2 N–H and O–H groups in total. The van der Waals surface area contributed by atoms with E-state index in [9.17, 15) is 9.90 Å². The van der Waals surface area contributed by atoms with Crippen molar-refractivity contribution in [1.29, 1.82) is 0 Å². The average Bonchev–Trinajstić information content (AvgIpc) is 2.77. The van der Waals surface area contributed by atoms with Crippen LogP contribution < -0.4 is 5.32 Å². The maximum absolute atomic E-state index is 11.5. The summed E-state index contributed by atoms with van der Waals surface area (Å²) in [5.74, 6) is 0.922. The zero-order valence-electron chi connectivity index (χ0n) is 11.4. The number of esters is 1. The molecule has 5 nitrogen and oxygen atoms in total. The molecule has 1 fully saturated rings. The van der Waals surface area contributed by atoms with Crippen molar-refractivity contribution >= 4 is 5.97 Å². The predicted octanol–water partition coefficient (Wildman–Crippen LogP) is 1.77.